The molecule has 0 unspecified atom stereocenters. The van der Waals surface area contributed by atoms with Crippen LogP contribution in [0.4, 0.5) is 0 Å². The van der Waals surface area contributed by atoms with Gasteiger partial charge in [0.25, 0.3) is 0 Å². The molecule has 1 rings (SSSR count). The van der Waals surface area contributed by atoms with Crippen molar-refractivity contribution in [1.29, 1.82) is 0 Å². The zero-order valence-corrected chi connectivity index (χ0v) is 9.59. The summed E-state index contributed by atoms with van der Waals surface area (Å²) in [6.07, 6.45) is 5.21. The third-order valence-corrected chi connectivity index (χ3v) is 3.20. The average Bonchev–Trinajstić information content (AvgIpc) is 2.21. The Morgan fingerprint density at radius 1 is 1.36 bits per heavy atom. The second-order valence-corrected chi connectivity index (χ2v) is 4.52. The molecule has 2 nitrogen and oxygen atoms in total. The van der Waals surface area contributed by atoms with Crippen LogP contribution < -0.4 is 0 Å². The lowest BCUT2D eigenvalue weighted by Crippen LogP contribution is -2.33. The number of ketones is 1. The molecule has 0 aliphatic carbocycles. The minimum atomic E-state index is 0.412. The Morgan fingerprint density at radius 2 is 2.00 bits per heavy atom. The summed E-state index contributed by atoms with van der Waals surface area (Å²) in [5.74, 6) is 1.32. The van der Waals surface area contributed by atoms with E-state index in [1.807, 2.05) is 6.92 Å². The zero-order valence-electron chi connectivity index (χ0n) is 9.59. The van der Waals surface area contributed by atoms with Gasteiger partial charge in [-0.1, -0.05) is 13.8 Å². The first-order valence-corrected chi connectivity index (χ1v) is 5.96. The van der Waals surface area contributed by atoms with Crippen molar-refractivity contribution in [2.75, 3.05) is 19.6 Å². The number of hydrogen-bond donors (Lipinski definition) is 0. The largest absolute Gasteiger partial charge is 0.303 e. The Balaban J connectivity index is 2.04. The van der Waals surface area contributed by atoms with Gasteiger partial charge in [0, 0.05) is 12.8 Å². The topological polar surface area (TPSA) is 20.3 Å². The van der Waals surface area contributed by atoms with E-state index in [9.17, 15) is 4.79 Å². The van der Waals surface area contributed by atoms with E-state index in [-0.39, 0.29) is 0 Å². The lowest BCUT2D eigenvalue weighted by atomic mass is 9.99. The van der Waals surface area contributed by atoms with Crippen LogP contribution in [0.5, 0.6) is 0 Å². The molecule has 1 fully saturated rings. The van der Waals surface area contributed by atoms with E-state index in [2.05, 4.69) is 11.8 Å². The Hall–Kier alpha value is -0.370. The molecule has 0 aromatic heterocycles. The first-order chi connectivity index (χ1) is 6.72. The number of carbonyl (C=O) groups excluding carboxylic acids is 1. The van der Waals surface area contributed by atoms with Crippen LogP contribution in [0.2, 0.25) is 0 Å². The molecule has 0 saturated carbocycles. The maximum Gasteiger partial charge on any atom is 0.132 e. The normalized spacial score (nSPS) is 19.9. The van der Waals surface area contributed by atoms with Gasteiger partial charge in [0.05, 0.1) is 0 Å². The standard InChI is InChI=1S/C12H23NO/c1-3-12(14)5-4-8-13-9-6-11(2)7-10-13/h11H,3-10H2,1-2H3. The van der Waals surface area contributed by atoms with Crippen molar-refractivity contribution in [3.63, 3.8) is 0 Å². The van der Waals surface area contributed by atoms with Gasteiger partial charge in [-0.25, -0.2) is 0 Å². The van der Waals surface area contributed by atoms with Crippen LogP contribution in [-0.4, -0.2) is 30.3 Å². The third-order valence-electron chi connectivity index (χ3n) is 3.20. The number of nitrogens with zero attached hydrogens (tertiary/aromatic N) is 1. The molecule has 1 aliphatic heterocycles. The predicted octanol–water partition coefficient (Wildman–Crippen LogP) is 2.48. The van der Waals surface area contributed by atoms with E-state index < -0.39 is 0 Å². The third kappa shape index (κ3) is 4.23. The highest BCUT2D eigenvalue weighted by molar-refractivity contribution is 5.77. The molecule has 0 bridgehead atoms. The first kappa shape index (κ1) is 11.7. The Kier molecular flexibility index (Phi) is 5.16. The number of rotatable bonds is 5. The number of likely N-dealkylation sites (tertiary alicyclic amines) is 1. The Labute approximate surface area is 87.7 Å². The van der Waals surface area contributed by atoms with Gasteiger partial charge in [-0.3, -0.25) is 4.79 Å². The van der Waals surface area contributed by atoms with Crippen LogP contribution in [-0.2, 0) is 4.79 Å². The lowest BCUT2D eigenvalue weighted by molar-refractivity contribution is -0.118. The molecule has 0 radical (unpaired) electrons. The summed E-state index contributed by atoms with van der Waals surface area (Å²) >= 11 is 0. The van der Waals surface area contributed by atoms with Gasteiger partial charge < -0.3 is 4.90 Å². The Morgan fingerprint density at radius 3 is 2.57 bits per heavy atom. The fourth-order valence-electron chi connectivity index (χ4n) is 1.96. The molecular weight excluding hydrogens is 174 g/mol. The van der Waals surface area contributed by atoms with Crippen molar-refractivity contribution >= 4 is 5.78 Å². The summed E-state index contributed by atoms with van der Waals surface area (Å²) in [4.78, 5) is 13.6. The van der Waals surface area contributed by atoms with Crippen molar-refractivity contribution in [3.8, 4) is 0 Å². The Bertz CT molecular complexity index is 171. The van der Waals surface area contributed by atoms with E-state index in [0.29, 0.717) is 12.2 Å². The fraction of sp³-hybridized carbons (Fsp3) is 0.917. The molecule has 2 heteroatoms. The first-order valence-electron chi connectivity index (χ1n) is 5.96. The molecule has 14 heavy (non-hydrogen) atoms. The van der Waals surface area contributed by atoms with Crippen LogP contribution in [0.15, 0.2) is 0 Å². The van der Waals surface area contributed by atoms with Gasteiger partial charge >= 0.3 is 0 Å². The minimum absolute atomic E-state index is 0.412. The van der Waals surface area contributed by atoms with E-state index in [4.69, 9.17) is 0 Å². The molecule has 1 saturated heterocycles. The summed E-state index contributed by atoms with van der Waals surface area (Å²) in [5, 5.41) is 0. The van der Waals surface area contributed by atoms with E-state index in [1.165, 1.54) is 25.9 Å². The highest BCUT2D eigenvalue weighted by Gasteiger charge is 2.14. The molecule has 0 amide bonds. The lowest BCUT2D eigenvalue weighted by Gasteiger charge is -2.29. The van der Waals surface area contributed by atoms with E-state index in [1.54, 1.807) is 0 Å². The van der Waals surface area contributed by atoms with Crippen molar-refractivity contribution < 1.29 is 4.79 Å². The highest BCUT2D eigenvalue weighted by atomic mass is 16.1. The van der Waals surface area contributed by atoms with Gasteiger partial charge in [0.1, 0.15) is 5.78 Å². The van der Waals surface area contributed by atoms with Crippen molar-refractivity contribution in [2.45, 2.75) is 46.0 Å². The van der Waals surface area contributed by atoms with Crippen molar-refractivity contribution in [2.24, 2.45) is 5.92 Å². The van der Waals surface area contributed by atoms with Gasteiger partial charge in [0.15, 0.2) is 0 Å². The monoisotopic (exact) mass is 197 g/mol. The quantitative estimate of drug-likeness (QED) is 0.675. The summed E-state index contributed by atoms with van der Waals surface area (Å²) < 4.78 is 0. The molecule has 0 spiro atoms. The summed E-state index contributed by atoms with van der Waals surface area (Å²) in [5.41, 5.74) is 0. The summed E-state index contributed by atoms with van der Waals surface area (Å²) in [7, 11) is 0. The summed E-state index contributed by atoms with van der Waals surface area (Å²) in [6, 6.07) is 0. The van der Waals surface area contributed by atoms with Crippen molar-refractivity contribution in [3.05, 3.63) is 0 Å². The predicted molar refractivity (Wildman–Crippen MR) is 59.4 cm³/mol. The van der Waals surface area contributed by atoms with Gasteiger partial charge in [-0.15, -0.1) is 0 Å². The molecular formula is C12H23NO. The molecule has 0 aromatic rings. The minimum Gasteiger partial charge on any atom is -0.303 e. The molecule has 1 heterocycles. The highest BCUT2D eigenvalue weighted by Crippen LogP contribution is 2.16. The molecule has 82 valence electrons. The van der Waals surface area contributed by atoms with Crippen LogP contribution in [0.3, 0.4) is 0 Å². The maximum atomic E-state index is 11.1. The van der Waals surface area contributed by atoms with Gasteiger partial charge in [0.2, 0.25) is 0 Å². The smallest absolute Gasteiger partial charge is 0.132 e. The van der Waals surface area contributed by atoms with E-state index >= 15 is 0 Å². The van der Waals surface area contributed by atoms with Crippen LogP contribution in [0.1, 0.15) is 46.0 Å². The van der Waals surface area contributed by atoms with Crippen molar-refractivity contribution in [1.82, 2.24) is 4.90 Å². The van der Waals surface area contributed by atoms with Gasteiger partial charge in [-0.05, 0) is 44.8 Å². The molecule has 1 aliphatic rings. The van der Waals surface area contributed by atoms with Crippen LogP contribution >= 0.6 is 0 Å². The molecule has 0 atom stereocenters. The summed E-state index contributed by atoms with van der Waals surface area (Å²) in [6.45, 7) is 7.88. The number of carbonyl (C=O) groups is 1. The number of Topliss-reactive ketones (excluding diaryl/α,β-unsaturated/α-hetero) is 1. The second kappa shape index (κ2) is 6.18. The SMILES string of the molecule is CCC(=O)CCCN1CCC(C)CC1. The van der Waals surface area contributed by atoms with Crippen LogP contribution in [0.25, 0.3) is 0 Å². The zero-order chi connectivity index (χ0) is 10.4. The molecule has 0 N–H and O–H groups in total. The van der Waals surface area contributed by atoms with Gasteiger partial charge in [-0.2, -0.15) is 0 Å². The van der Waals surface area contributed by atoms with E-state index in [0.717, 1.165) is 25.3 Å². The fourth-order valence-corrected chi connectivity index (χ4v) is 1.96. The number of piperidine rings is 1. The average molecular weight is 197 g/mol. The molecule has 0 aromatic carbocycles. The number of hydrogen-bond acceptors (Lipinski definition) is 2. The van der Waals surface area contributed by atoms with Crippen LogP contribution in [0, 0.1) is 5.92 Å². The maximum absolute atomic E-state index is 11.1. The second-order valence-electron chi connectivity index (χ2n) is 4.52.